The molecule has 0 saturated carbocycles. The van der Waals surface area contributed by atoms with E-state index < -0.39 is 0 Å². The maximum Gasteiger partial charge on any atom is 0.222 e. The molecule has 2 aliphatic rings. The van der Waals surface area contributed by atoms with Crippen molar-refractivity contribution in [3.8, 4) is 0 Å². The maximum absolute atomic E-state index is 12.4. The molecule has 0 spiro atoms. The lowest BCUT2D eigenvalue weighted by Crippen LogP contribution is -2.48. The Bertz CT molecular complexity index is 447. The number of rotatable bonds is 4. The second-order valence-electron chi connectivity index (χ2n) is 6.25. The summed E-state index contributed by atoms with van der Waals surface area (Å²) in [6, 6.07) is 12.0. The minimum absolute atomic E-state index is 0.292. The van der Waals surface area contributed by atoms with Crippen LogP contribution in [0.25, 0.3) is 0 Å². The van der Waals surface area contributed by atoms with E-state index in [1.54, 1.807) is 0 Å². The molecule has 0 radical (unpaired) electrons. The Morgan fingerprint density at radius 1 is 1.20 bits per heavy atom. The average Bonchev–Trinajstić information content (AvgIpc) is 2.83. The first-order chi connectivity index (χ1) is 9.72. The number of hydrogen-bond acceptors (Lipinski definition) is 2. The topological polar surface area (TPSA) is 32.3 Å². The second kappa shape index (κ2) is 5.96. The number of fused-ring (bicyclic) bond motifs is 2. The molecule has 3 rings (SSSR count). The number of amides is 1. The first-order valence-electron chi connectivity index (χ1n) is 7.78. The molecule has 2 aliphatic heterocycles. The summed E-state index contributed by atoms with van der Waals surface area (Å²) < 4.78 is 0. The van der Waals surface area contributed by atoms with Crippen LogP contribution >= 0.6 is 0 Å². The number of piperidine rings is 1. The van der Waals surface area contributed by atoms with E-state index in [1.165, 1.54) is 18.4 Å². The third kappa shape index (κ3) is 3.04. The number of nitrogens with zero attached hydrogens (tertiary/aromatic N) is 1. The number of carbonyl (C=O) groups excluding carboxylic acids is 1. The van der Waals surface area contributed by atoms with Crippen molar-refractivity contribution >= 4 is 5.91 Å². The lowest BCUT2D eigenvalue weighted by atomic mass is 9.98. The number of nitrogens with one attached hydrogen (secondary N) is 1. The van der Waals surface area contributed by atoms with Crippen molar-refractivity contribution in [3.63, 3.8) is 0 Å². The van der Waals surface area contributed by atoms with Crippen LogP contribution in [0.4, 0.5) is 0 Å². The Kier molecular flexibility index (Phi) is 4.06. The van der Waals surface area contributed by atoms with Gasteiger partial charge in [-0.05, 0) is 37.7 Å². The van der Waals surface area contributed by atoms with Crippen LogP contribution in [-0.2, 0) is 11.2 Å². The fourth-order valence-corrected chi connectivity index (χ4v) is 3.62. The summed E-state index contributed by atoms with van der Waals surface area (Å²) in [6.45, 7) is 0. The van der Waals surface area contributed by atoms with Gasteiger partial charge in [0, 0.05) is 31.6 Å². The van der Waals surface area contributed by atoms with Gasteiger partial charge in [-0.2, -0.15) is 0 Å². The number of aryl methyl sites for hydroxylation is 1. The molecule has 1 N–H and O–H groups in total. The summed E-state index contributed by atoms with van der Waals surface area (Å²) in [5.74, 6) is 0.292. The zero-order chi connectivity index (χ0) is 13.9. The molecular formula is C17H24N2O. The first-order valence-corrected chi connectivity index (χ1v) is 7.78. The van der Waals surface area contributed by atoms with Crippen molar-refractivity contribution < 1.29 is 4.79 Å². The van der Waals surface area contributed by atoms with Gasteiger partial charge in [-0.3, -0.25) is 4.79 Å². The molecule has 2 heterocycles. The molecule has 3 nitrogen and oxygen atoms in total. The van der Waals surface area contributed by atoms with Gasteiger partial charge in [-0.15, -0.1) is 0 Å². The van der Waals surface area contributed by atoms with Gasteiger partial charge in [-0.1, -0.05) is 30.3 Å². The Balaban J connectivity index is 1.52. The van der Waals surface area contributed by atoms with Gasteiger partial charge in [0.05, 0.1) is 0 Å². The van der Waals surface area contributed by atoms with Crippen LogP contribution in [0.1, 0.15) is 37.7 Å². The van der Waals surface area contributed by atoms with Crippen LogP contribution in [0.15, 0.2) is 30.3 Å². The molecule has 2 unspecified atom stereocenters. The van der Waals surface area contributed by atoms with Crippen LogP contribution < -0.4 is 5.32 Å². The molecule has 1 aromatic carbocycles. The highest BCUT2D eigenvalue weighted by Gasteiger charge is 2.36. The van der Waals surface area contributed by atoms with Gasteiger partial charge in [0.25, 0.3) is 0 Å². The largest absolute Gasteiger partial charge is 0.343 e. The van der Waals surface area contributed by atoms with Crippen molar-refractivity contribution in [3.05, 3.63) is 35.9 Å². The molecule has 2 fully saturated rings. The van der Waals surface area contributed by atoms with Crippen LogP contribution in [0.3, 0.4) is 0 Å². The van der Waals surface area contributed by atoms with Crippen LogP contribution in [0, 0.1) is 0 Å². The van der Waals surface area contributed by atoms with Gasteiger partial charge in [0.15, 0.2) is 0 Å². The highest BCUT2D eigenvalue weighted by Crippen LogP contribution is 2.29. The molecule has 2 saturated heterocycles. The fourth-order valence-electron chi connectivity index (χ4n) is 3.62. The quantitative estimate of drug-likeness (QED) is 0.912. The molecular weight excluding hydrogens is 248 g/mol. The van der Waals surface area contributed by atoms with E-state index in [9.17, 15) is 4.79 Å². The Morgan fingerprint density at radius 2 is 1.85 bits per heavy atom. The summed E-state index contributed by atoms with van der Waals surface area (Å²) in [4.78, 5) is 14.4. The van der Waals surface area contributed by atoms with Crippen molar-refractivity contribution in [2.75, 3.05) is 7.05 Å². The van der Waals surface area contributed by atoms with E-state index in [0.717, 1.165) is 19.3 Å². The summed E-state index contributed by atoms with van der Waals surface area (Å²) in [7, 11) is 1.99. The monoisotopic (exact) mass is 272 g/mol. The molecule has 0 aromatic heterocycles. The van der Waals surface area contributed by atoms with Gasteiger partial charge in [0.1, 0.15) is 0 Å². The van der Waals surface area contributed by atoms with Gasteiger partial charge in [-0.25, -0.2) is 0 Å². The lowest BCUT2D eigenvalue weighted by molar-refractivity contribution is -0.132. The maximum atomic E-state index is 12.4. The van der Waals surface area contributed by atoms with Gasteiger partial charge < -0.3 is 10.2 Å². The van der Waals surface area contributed by atoms with Crippen LogP contribution in [0.2, 0.25) is 0 Å². The Labute approximate surface area is 121 Å². The molecule has 2 atom stereocenters. The highest BCUT2D eigenvalue weighted by molar-refractivity contribution is 5.76. The van der Waals surface area contributed by atoms with Crippen molar-refractivity contribution in [2.45, 2.75) is 56.7 Å². The standard InChI is InChI=1S/C17H24N2O/c1-19(16-11-14-8-9-15(12-16)18-14)17(20)10-7-13-5-3-2-4-6-13/h2-6,14-16,18H,7-12H2,1H3. The van der Waals surface area contributed by atoms with Crippen molar-refractivity contribution in [2.24, 2.45) is 0 Å². The van der Waals surface area contributed by atoms with E-state index in [2.05, 4.69) is 17.4 Å². The third-order valence-corrected chi connectivity index (χ3v) is 4.86. The molecule has 108 valence electrons. The minimum Gasteiger partial charge on any atom is -0.343 e. The summed E-state index contributed by atoms with van der Waals surface area (Å²) in [5.41, 5.74) is 1.25. The number of hydrogen-bond donors (Lipinski definition) is 1. The minimum atomic E-state index is 0.292. The molecule has 20 heavy (non-hydrogen) atoms. The molecule has 1 aromatic rings. The first kappa shape index (κ1) is 13.6. The predicted octanol–water partition coefficient (Wildman–Crippen LogP) is 2.36. The fraction of sp³-hybridized carbons (Fsp3) is 0.588. The average molecular weight is 272 g/mol. The normalized spacial score (nSPS) is 28.4. The van der Waals surface area contributed by atoms with E-state index >= 15 is 0 Å². The number of carbonyl (C=O) groups is 1. The van der Waals surface area contributed by atoms with Crippen molar-refractivity contribution in [1.82, 2.24) is 10.2 Å². The summed E-state index contributed by atoms with van der Waals surface area (Å²) >= 11 is 0. The van der Waals surface area contributed by atoms with Gasteiger partial charge >= 0.3 is 0 Å². The SMILES string of the molecule is CN(C(=O)CCc1ccccc1)C1CC2CCC(C1)N2. The predicted molar refractivity (Wildman–Crippen MR) is 80.5 cm³/mol. The van der Waals surface area contributed by atoms with E-state index in [4.69, 9.17) is 0 Å². The smallest absolute Gasteiger partial charge is 0.222 e. The van der Waals surface area contributed by atoms with Gasteiger partial charge in [0.2, 0.25) is 5.91 Å². The lowest BCUT2D eigenvalue weighted by Gasteiger charge is -2.35. The van der Waals surface area contributed by atoms with Crippen LogP contribution in [0.5, 0.6) is 0 Å². The third-order valence-electron chi connectivity index (χ3n) is 4.86. The molecule has 2 bridgehead atoms. The van der Waals surface area contributed by atoms with E-state index in [1.807, 2.05) is 30.1 Å². The van der Waals surface area contributed by atoms with Crippen molar-refractivity contribution in [1.29, 1.82) is 0 Å². The number of benzene rings is 1. The summed E-state index contributed by atoms with van der Waals surface area (Å²) in [6.07, 6.45) is 6.30. The summed E-state index contributed by atoms with van der Waals surface area (Å²) in [5, 5.41) is 3.63. The van der Waals surface area contributed by atoms with Crippen LogP contribution in [-0.4, -0.2) is 36.0 Å². The van der Waals surface area contributed by atoms with E-state index in [0.29, 0.717) is 30.5 Å². The molecule has 0 aliphatic carbocycles. The zero-order valence-corrected chi connectivity index (χ0v) is 12.2. The Hall–Kier alpha value is -1.35. The molecule has 3 heteroatoms. The Morgan fingerprint density at radius 3 is 2.50 bits per heavy atom. The second-order valence-corrected chi connectivity index (χ2v) is 6.25. The van der Waals surface area contributed by atoms with E-state index in [-0.39, 0.29) is 0 Å². The highest BCUT2D eigenvalue weighted by atomic mass is 16.2. The zero-order valence-electron chi connectivity index (χ0n) is 12.2. The molecule has 1 amide bonds.